The Bertz CT molecular complexity index is 585. The number of carbonyl (C=O) groups excluding carboxylic acids is 1. The normalized spacial score (nSPS) is 20.8. The predicted molar refractivity (Wildman–Crippen MR) is 81.3 cm³/mol. The van der Waals surface area contributed by atoms with Crippen LogP contribution in [-0.4, -0.2) is 42.2 Å². The second kappa shape index (κ2) is 6.08. The molecule has 0 aliphatic carbocycles. The Morgan fingerprint density at radius 1 is 1.48 bits per heavy atom. The van der Waals surface area contributed by atoms with Crippen molar-refractivity contribution in [2.24, 2.45) is 5.92 Å². The van der Waals surface area contributed by atoms with Crippen molar-refractivity contribution in [1.29, 1.82) is 0 Å². The molecule has 1 aromatic rings. The molecule has 0 aromatic heterocycles. The van der Waals surface area contributed by atoms with E-state index in [2.05, 4.69) is 0 Å². The summed E-state index contributed by atoms with van der Waals surface area (Å²) in [6.45, 7) is 1.96. The van der Waals surface area contributed by atoms with E-state index in [4.69, 9.17) is 21.4 Å². The summed E-state index contributed by atoms with van der Waals surface area (Å²) in [5.41, 5.74) is 1.51. The molecule has 5 heteroatoms. The molecule has 2 aliphatic rings. The molecule has 0 radical (unpaired) electrons. The summed E-state index contributed by atoms with van der Waals surface area (Å²) < 4.78 is 5.63. The maximum Gasteiger partial charge on any atom is 0.253 e. The fraction of sp³-hybridized carbons (Fsp3) is 0.438. The van der Waals surface area contributed by atoms with Crippen molar-refractivity contribution < 1.29 is 14.6 Å². The third-order valence-electron chi connectivity index (χ3n) is 4.07. The van der Waals surface area contributed by atoms with Crippen molar-refractivity contribution in [2.75, 3.05) is 26.3 Å². The van der Waals surface area contributed by atoms with Crippen molar-refractivity contribution in [1.82, 2.24) is 4.90 Å². The summed E-state index contributed by atoms with van der Waals surface area (Å²) >= 11 is 5.98. The molecule has 4 nitrogen and oxygen atoms in total. The number of halogens is 1. The minimum absolute atomic E-state index is 0.0288. The Morgan fingerprint density at radius 2 is 2.33 bits per heavy atom. The minimum Gasteiger partial charge on any atom is -0.488 e. The van der Waals surface area contributed by atoms with Gasteiger partial charge in [0, 0.05) is 30.3 Å². The van der Waals surface area contributed by atoms with E-state index in [-0.39, 0.29) is 12.5 Å². The molecule has 21 heavy (non-hydrogen) atoms. The number of ether oxygens (including phenoxy) is 1. The van der Waals surface area contributed by atoms with Crippen LogP contribution in [-0.2, 0) is 4.79 Å². The summed E-state index contributed by atoms with van der Waals surface area (Å²) in [6.07, 6.45) is 3.59. The van der Waals surface area contributed by atoms with Gasteiger partial charge < -0.3 is 14.7 Å². The zero-order valence-electron chi connectivity index (χ0n) is 11.7. The van der Waals surface area contributed by atoms with Gasteiger partial charge in [0.15, 0.2) is 0 Å². The molecule has 1 aromatic carbocycles. The molecule has 1 fully saturated rings. The molecule has 112 valence electrons. The molecule has 1 atom stereocenters. The Morgan fingerprint density at radius 3 is 3.14 bits per heavy atom. The van der Waals surface area contributed by atoms with E-state index in [1.54, 1.807) is 6.07 Å². The van der Waals surface area contributed by atoms with Gasteiger partial charge in [-0.15, -0.1) is 0 Å². The molecule has 3 rings (SSSR count). The van der Waals surface area contributed by atoms with Crippen LogP contribution in [0.25, 0.3) is 6.08 Å². The van der Waals surface area contributed by atoms with Crippen molar-refractivity contribution >= 4 is 23.6 Å². The van der Waals surface area contributed by atoms with Gasteiger partial charge in [-0.25, -0.2) is 0 Å². The standard InChI is InChI=1S/C16H18ClNO3/c17-14-1-2-15-12(8-14)7-13(10-21-15)16(20)18-5-3-11(9-18)4-6-19/h1-2,7-8,11,19H,3-6,9-10H2. The number of aliphatic hydroxyl groups is 1. The van der Waals surface area contributed by atoms with Crippen LogP contribution in [0.2, 0.25) is 5.02 Å². The average molecular weight is 308 g/mol. The Hall–Kier alpha value is -1.52. The van der Waals surface area contributed by atoms with Crippen molar-refractivity contribution in [2.45, 2.75) is 12.8 Å². The molecule has 0 bridgehead atoms. The molecule has 1 unspecified atom stereocenters. The quantitative estimate of drug-likeness (QED) is 0.932. The lowest BCUT2D eigenvalue weighted by molar-refractivity contribution is -0.126. The Balaban J connectivity index is 1.74. The topological polar surface area (TPSA) is 49.8 Å². The molecule has 2 heterocycles. The van der Waals surface area contributed by atoms with Crippen LogP contribution in [0.15, 0.2) is 23.8 Å². The zero-order chi connectivity index (χ0) is 14.8. The number of carbonyl (C=O) groups is 1. The third kappa shape index (κ3) is 3.06. The first-order valence-corrected chi connectivity index (χ1v) is 7.58. The molecular formula is C16H18ClNO3. The van der Waals surface area contributed by atoms with Gasteiger partial charge in [0.05, 0.1) is 5.57 Å². The second-order valence-corrected chi connectivity index (χ2v) is 5.99. The lowest BCUT2D eigenvalue weighted by atomic mass is 10.1. The maximum atomic E-state index is 12.5. The minimum atomic E-state index is 0.0288. The van der Waals surface area contributed by atoms with Crippen LogP contribution in [0, 0.1) is 5.92 Å². The van der Waals surface area contributed by atoms with Gasteiger partial charge >= 0.3 is 0 Å². The Kier molecular flexibility index (Phi) is 4.17. The zero-order valence-corrected chi connectivity index (χ0v) is 12.5. The summed E-state index contributed by atoms with van der Waals surface area (Å²) in [6, 6.07) is 5.41. The summed E-state index contributed by atoms with van der Waals surface area (Å²) in [5.74, 6) is 1.20. The molecule has 0 spiro atoms. The lowest BCUT2D eigenvalue weighted by Gasteiger charge is -2.22. The summed E-state index contributed by atoms with van der Waals surface area (Å²) in [7, 11) is 0. The van der Waals surface area contributed by atoms with E-state index >= 15 is 0 Å². The van der Waals surface area contributed by atoms with Gasteiger partial charge in [0.1, 0.15) is 12.4 Å². The predicted octanol–water partition coefficient (Wildman–Crippen LogP) is 2.35. The van der Waals surface area contributed by atoms with Crippen LogP contribution < -0.4 is 4.74 Å². The maximum absolute atomic E-state index is 12.5. The van der Waals surface area contributed by atoms with Gasteiger partial charge in [-0.2, -0.15) is 0 Å². The summed E-state index contributed by atoms with van der Waals surface area (Å²) in [4.78, 5) is 14.4. The lowest BCUT2D eigenvalue weighted by Crippen LogP contribution is -2.32. The van der Waals surface area contributed by atoms with E-state index < -0.39 is 0 Å². The van der Waals surface area contributed by atoms with Crippen LogP contribution in [0.4, 0.5) is 0 Å². The SMILES string of the molecule is O=C(C1=Cc2cc(Cl)ccc2OC1)N1CCC(CCO)C1. The molecule has 1 N–H and O–H groups in total. The highest BCUT2D eigenvalue weighted by molar-refractivity contribution is 6.30. The van der Waals surface area contributed by atoms with E-state index in [9.17, 15) is 4.79 Å². The first-order chi connectivity index (χ1) is 10.2. The number of hydrogen-bond donors (Lipinski definition) is 1. The van der Waals surface area contributed by atoms with E-state index in [0.29, 0.717) is 23.1 Å². The number of nitrogens with zero attached hydrogens (tertiary/aromatic N) is 1. The Labute approximate surface area is 129 Å². The number of amides is 1. The highest BCUT2D eigenvalue weighted by Crippen LogP contribution is 2.30. The fourth-order valence-electron chi connectivity index (χ4n) is 2.91. The molecular weight excluding hydrogens is 290 g/mol. The van der Waals surface area contributed by atoms with Gasteiger partial charge in [0.2, 0.25) is 0 Å². The molecule has 0 saturated carbocycles. The fourth-order valence-corrected chi connectivity index (χ4v) is 3.09. The first-order valence-electron chi connectivity index (χ1n) is 7.20. The highest BCUT2D eigenvalue weighted by Gasteiger charge is 2.29. The number of fused-ring (bicyclic) bond motifs is 1. The second-order valence-electron chi connectivity index (χ2n) is 5.56. The number of rotatable bonds is 3. The van der Waals surface area contributed by atoms with Gasteiger partial charge in [-0.3, -0.25) is 4.79 Å². The molecule has 1 amide bonds. The highest BCUT2D eigenvalue weighted by atomic mass is 35.5. The third-order valence-corrected chi connectivity index (χ3v) is 4.30. The molecule has 2 aliphatic heterocycles. The van der Waals surface area contributed by atoms with Crippen LogP contribution in [0.5, 0.6) is 5.75 Å². The average Bonchev–Trinajstić information content (AvgIpc) is 2.94. The van der Waals surface area contributed by atoms with Gasteiger partial charge in [-0.1, -0.05) is 11.6 Å². The van der Waals surface area contributed by atoms with Crippen molar-refractivity contribution in [3.8, 4) is 5.75 Å². The number of aliphatic hydroxyl groups excluding tert-OH is 1. The largest absolute Gasteiger partial charge is 0.488 e. The van der Waals surface area contributed by atoms with Crippen LogP contribution in [0.3, 0.4) is 0 Å². The smallest absolute Gasteiger partial charge is 0.253 e. The number of likely N-dealkylation sites (tertiary alicyclic amines) is 1. The van der Waals surface area contributed by atoms with Crippen molar-refractivity contribution in [3.63, 3.8) is 0 Å². The van der Waals surface area contributed by atoms with Gasteiger partial charge in [0.25, 0.3) is 5.91 Å². The molecule has 1 saturated heterocycles. The number of benzene rings is 1. The number of hydrogen-bond acceptors (Lipinski definition) is 3. The van der Waals surface area contributed by atoms with Gasteiger partial charge in [-0.05, 0) is 43.0 Å². The van der Waals surface area contributed by atoms with E-state index in [1.165, 1.54) is 0 Å². The van der Waals surface area contributed by atoms with E-state index in [0.717, 1.165) is 37.2 Å². The van der Waals surface area contributed by atoms with E-state index in [1.807, 2.05) is 23.1 Å². The van der Waals surface area contributed by atoms with Crippen LogP contribution >= 0.6 is 11.6 Å². The van der Waals surface area contributed by atoms with Crippen LogP contribution in [0.1, 0.15) is 18.4 Å². The monoisotopic (exact) mass is 307 g/mol. The summed E-state index contributed by atoms with van der Waals surface area (Å²) in [5, 5.41) is 9.62. The van der Waals surface area contributed by atoms with Crippen molar-refractivity contribution in [3.05, 3.63) is 34.4 Å². The first kappa shape index (κ1) is 14.4.